The minimum atomic E-state index is -0.209. The number of benzene rings is 1. The van der Waals surface area contributed by atoms with Gasteiger partial charge in [0.05, 0.1) is 6.26 Å². The van der Waals surface area contributed by atoms with Crippen LogP contribution < -0.4 is 10.5 Å². The fourth-order valence-corrected chi connectivity index (χ4v) is 2.48. The molecule has 0 spiro atoms. The minimum absolute atomic E-state index is 0.209. The minimum Gasteiger partial charge on any atom is -0.481 e. The van der Waals surface area contributed by atoms with Crippen molar-refractivity contribution in [1.82, 2.24) is 0 Å². The number of aryl methyl sites for hydroxylation is 2. The van der Waals surface area contributed by atoms with Crippen molar-refractivity contribution in [2.75, 3.05) is 6.54 Å². The highest BCUT2D eigenvalue weighted by molar-refractivity contribution is 5.38. The van der Waals surface area contributed by atoms with Gasteiger partial charge in [-0.25, -0.2) is 0 Å². The van der Waals surface area contributed by atoms with Crippen LogP contribution in [0.15, 0.2) is 41.0 Å². The van der Waals surface area contributed by atoms with Crippen LogP contribution in [0.25, 0.3) is 0 Å². The lowest BCUT2D eigenvalue weighted by Crippen LogP contribution is -2.17. The summed E-state index contributed by atoms with van der Waals surface area (Å²) in [5.41, 5.74) is 8.59. The zero-order valence-electron chi connectivity index (χ0n) is 10.3. The van der Waals surface area contributed by atoms with Crippen LogP contribution >= 0.6 is 0 Å². The van der Waals surface area contributed by atoms with Crippen LogP contribution in [0, 0.1) is 0 Å². The topological polar surface area (TPSA) is 48.4 Å². The molecule has 1 aliphatic carbocycles. The van der Waals surface area contributed by atoms with Gasteiger partial charge in [0.2, 0.25) is 0 Å². The number of fused-ring (bicyclic) bond motifs is 1. The molecule has 1 atom stereocenters. The molecule has 18 heavy (non-hydrogen) atoms. The van der Waals surface area contributed by atoms with Crippen molar-refractivity contribution in [3.63, 3.8) is 0 Å². The molecule has 0 bridgehead atoms. The van der Waals surface area contributed by atoms with Gasteiger partial charge in [-0.15, -0.1) is 0 Å². The summed E-state index contributed by atoms with van der Waals surface area (Å²) in [5, 5.41) is 0. The fraction of sp³-hybridized carbons (Fsp3) is 0.333. The number of rotatable bonds is 4. The van der Waals surface area contributed by atoms with Gasteiger partial charge in [-0.1, -0.05) is 6.07 Å². The highest BCUT2D eigenvalue weighted by Gasteiger charge is 2.16. The molecule has 94 valence electrons. The Balaban J connectivity index is 1.79. The second kappa shape index (κ2) is 4.86. The molecular weight excluding hydrogens is 226 g/mol. The first-order valence-corrected chi connectivity index (χ1v) is 6.39. The standard InChI is InChI=1S/C15H17NO2/c16-10-15(14-5-2-8-17-14)18-13-7-6-11-3-1-4-12(11)9-13/h2,5-9,15H,1,3-4,10,16H2. The Hall–Kier alpha value is -1.74. The van der Waals surface area contributed by atoms with Crippen LogP contribution in [0.2, 0.25) is 0 Å². The van der Waals surface area contributed by atoms with Crippen LogP contribution in [0.5, 0.6) is 5.75 Å². The summed E-state index contributed by atoms with van der Waals surface area (Å²) in [4.78, 5) is 0. The first kappa shape index (κ1) is 11.4. The second-order valence-electron chi connectivity index (χ2n) is 4.64. The summed E-state index contributed by atoms with van der Waals surface area (Å²) < 4.78 is 11.3. The van der Waals surface area contributed by atoms with E-state index in [-0.39, 0.29) is 6.10 Å². The summed E-state index contributed by atoms with van der Waals surface area (Å²) in [5.74, 6) is 1.65. The van der Waals surface area contributed by atoms with Crippen molar-refractivity contribution in [1.29, 1.82) is 0 Å². The predicted molar refractivity (Wildman–Crippen MR) is 69.6 cm³/mol. The van der Waals surface area contributed by atoms with E-state index in [1.54, 1.807) is 6.26 Å². The summed E-state index contributed by atoms with van der Waals surface area (Å²) in [6.45, 7) is 0.407. The largest absolute Gasteiger partial charge is 0.481 e. The van der Waals surface area contributed by atoms with Crippen molar-refractivity contribution in [2.45, 2.75) is 25.4 Å². The molecule has 0 aliphatic heterocycles. The van der Waals surface area contributed by atoms with E-state index >= 15 is 0 Å². The molecule has 1 unspecified atom stereocenters. The van der Waals surface area contributed by atoms with Gasteiger partial charge in [-0.05, 0) is 54.7 Å². The lowest BCUT2D eigenvalue weighted by Gasteiger charge is -2.16. The molecule has 1 heterocycles. The third kappa shape index (κ3) is 2.14. The smallest absolute Gasteiger partial charge is 0.168 e. The zero-order valence-corrected chi connectivity index (χ0v) is 10.3. The highest BCUT2D eigenvalue weighted by atomic mass is 16.5. The van der Waals surface area contributed by atoms with E-state index in [1.807, 2.05) is 18.2 Å². The average molecular weight is 243 g/mol. The van der Waals surface area contributed by atoms with Gasteiger partial charge in [-0.3, -0.25) is 0 Å². The molecule has 3 nitrogen and oxygen atoms in total. The molecule has 0 radical (unpaired) electrons. The van der Waals surface area contributed by atoms with Crippen molar-refractivity contribution < 1.29 is 9.15 Å². The molecule has 3 heteroatoms. The van der Waals surface area contributed by atoms with Gasteiger partial charge < -0.3 is 14.9 Å². The number of hydrogen-bond donors (Lipinski definition) is 1. The first-order valence-electron chi connectivity index (χ1n) is 6.39. The molecule has 0 saturated heterocycles. The first-order chi connectivity index (χ1) is 8.86. The lowest BCUT2D eigenvalue weighted by atomic mass is 10.1. The molecule has 2 aromatic rings. The number of ether oxygens (including phenoxy) is 1. The Morgan fingerprint density at radius 3 is 2.89 bits per heavy atom. The Morgan fingerprint density at radius 1 is 1.22 bits per heavy atom. The number of hydrogen-bond acceptors (Lipinski definition) is 3. The third-order valence-electron chi connectivity index (χ3n) is 3.42. The normalized spacial score (nSPS) is 15.4. The molecule has 2 N–H and O–H groups in total. The van der Waals surface area contributed by atoms with E-state index in [2.05, 4.69) is 12.1 Å². The maximum absolute atomic E-state index is 5.91. The lowest BCUT2D eigenvalue weighted by molar-refractivity contribution is 0.184. The van der Waals surface area contributed by atoms with Gasteiger partial charge in [0, 0.05) is 6.54 Å². The van der Waals surface area contributed by atoms with Crippen LogP contribution in [-0.4, -0.2) is 6.54 Å². The molecule has 1 aromatic carbocycles. The Bertz CT molecular complexity index is 519. The average Bonchev–Trinajstić information content (AvgIpc) is 3.06. The van der Waals surface area contributed by atoms with Crippen LogP contribution in [0.3, 0.4) is 0 Å². The molecule has 0 amide bonds. The van der Waals surface area contributed by atoms with Crippen molar-refractivity contribution >= 4 is 0 Å². The van der Waals surface area contributed by atoms with E-state index in [0.29, 0.717) is 6.54 Å². The molecular formula is C15H17NO2. The van der Waals surface area contributed by atoms with Gasteiger partial charge in [-0.2, -0.15) is 0 Å². The molecule has 3 rings (SSSR count). The van der Waals surface area contributed by atoms with Gasteiger partial charge in [0.1, 0.15) is 11.5 Å². The predicted octanol–water partition coefficient (Wildman–Crippen LogP) is 2.85. The monoisotopic (exact) mass is 243 g/mol. The maximum atomic E-state index is 5.91. The summed E-state index contributed by atoms with van der Waals surface area (Å²) in [6, 6.07) is 10.1. The Kier molecular flexibility index (Phi) is 3.07. The van der Waals surface area contributed by atoms with Crippen molar-refractivity contribution in [3.8, 4) is 5.75 Å². The zero-order chi connectivity index (χ0) is 12.4. The van der Waals surface area contributed by atoms with E-state index < -0.39 is 0 Å². The highest BCUT2D eigenvalue weighted by Crippen LogP contribution is 2.28. The van der Waals surface area contributed by atoms with Gasteiger partial charge in [0.25, 0.3) is 0 Å². The van der Waals surface area contributed by atoms with Crippen molar-refractivity contribution in [3.05, 3.63) is 53.5 Å². The summed E-state index contributed by atoms with van der Waals surface area (Å²) in [7, 11) is 0. The van der Waals surface area contributed by atoms with Gasteiger partial charge in [0.15, 0.2) is 6.10 Å². The number of furan rings is 1. The quantitative estimate of drug-likeness (QED) is 0.898. The molecule has 0 fully saturated rings. The maximum Gasteiger partial charge on any atom is 0.168 e. The molecule has 0 saturated carbocycles. The summed E-state index contributed by atoms with van der Waals surface area (Å²) >= 11 is 0. The third-order valence-corrected chi connectivity index (χ3v) is 3.42. The SMILES string of the molecule is NCC(Oc1ccc2c(c1)CCC2)c1ccco1. The van der Waals surface area contributed by atoms with E-state index in [9.17, 15) is 0 Å². The summed E-state index contributed by atoms with van der Waals surface area (Å²) in [6.07, 6.45) is 5.02. The van der Waals surface area contributed by atoms with Crippen LogP contribution in [0.1, 0.15) is 29.4 Å². The van der Waals surface area contributed by atoms with E-state index in [4.69, 9.17) is 14.9 Å². The Labute approximate surface area is 107 Å². The van der Waals surface area contributed by atoms with E-state index in [1.165, 1.54) is 24.0 Å². The fourth-order valence-electron chi connectivity index (χ4n) is 2.48. The van der Waals surface area contributed by atoms with Crippen LogP contribution in [0.4, 0.5) is 0 Å². The van der Waals surface area contributed by atoms with Crippen molar-refractivity contribution in [2.24, 2.45) is 5.73 Å². The molecule has 1 aromatic heterocycles. The Morgan fingerprint density at radius 2 is 2.11 bits per heavy atom. The molecule has 1 aliphatic rings. The van der Waals surface area contributed by atoms with E-state index in [0.717, 1.165) is 17.9 Å². The number of nitrogens with two attached hydrogens (primary N) is 1. The van der Waals surface area contributed by atoms with Crippen LogP contribution in [-0.2, 0) is 12.8 Å². The van der Waals surface area contributed by atoms with Gasteiger partial charge >= 0.3 is 0 Å². The second-order valence-corrected chi connectivity index (χ2v) is 4.64.